The number of amides is 7. The number of rotatable bonds is 19. The lowest BCUT2D eigenvalue weighted by Crippen LogP contribution is -2.39. The number of hydrogen-bond donors (Lipinski definition) is 1. The van der Waals surface area contributed by atoms with Gasteiger partial charge in [0.1, 0.15) is 99.2 Å². The number of hydrogen-bond acceptors (Lipinski definition) is 22. The summed E-state index contributed by atoms with van der Waals surface area (Å²) in [6.45, 7) is 23.9. The molecule has 6 unspecified atom stereocenters. The van der Waals surface area contributed by atoms with E-state index in [1.807, 2.05) is 68.4 Å². The van der Waals surface area contributed by atoms with Gasteiger partial charge in [-0.15, -0.1) is 11.3 Å². The zero-order chi connectivity index (χ0) is 99.0. The minimum absolute atomic E-state index is 0.126. The molecule has 18 rings (SSSR count). The van der Waals surface area contributed by atoms with Crippen molar-refractivity contribution in [3.8, 4) is 54.9 Å². The number of cyclic esters (lactones) is 6. The van der Waals surface area contributed by atoms with Crippen molar-refractivity contribution in [3.63, 3.8) is 0 Å². The van der Waals surface area contributed by atoms with Crippen molar-refractivity contribution < 1.29 is 103 Å². The lowest BCUT2D eigenvalue weighted by Gasteiger charge is -2.29. The van der Waals surface area contributed by atoms with Crippen LogP contribution in [0.3, 0.4) is 0 Å². The first-order valence-corrected chi connectivity index (χ1v) is 46.1. The average molecular weight is 1940 g/mol. The van der Waals surface area contributed by atoms with Gasteiger partial charge in [-0.05, 0) is 225 Å². The number of aromatic nitrogens is 6. The molecule has 7 amide bonds. The fourth-order valence-corrected chi connectivity index (χ4v) is 16.3. The van der Waals surface area contributed by atoms with Gasteiger partial charge in [-0.3, -0.25) is 34.4 Å². The van der Waals surface area contributed by atoms with Gasteiger partial charge in [0.2, 0.25) is 5.95 Å². The summed E-state index contributed by atoms with van der Waals surface area (Å²) < 4.78 is 136. The molecular formula is C101H103ClF7N13O15S. The molecule has 0 radical (unpaired) electrons. The maximum Gasteiger partial charge on any atom is 0.414 e. The molecule has 0 aliphatic carbocycles. The number of nitrogens with zero attached hydrogens (tertiary/aromatic N) is 13. The SMILES string of the molecule is CCC1CN(c2ccc(-c3ccc(Cl)nc3)c(F)c2)C(=O)O1.CCC1CN(c2ccc(-c3ccc(F)nc3)c(F)c2)C(=O)O1.CCC1CN(c2ccc(-c3cccnc3)c(F)c2)C(=O)O1.CCC1CN(c2ccc(-c3cnc(C(C)(C)O)s3)c(F)c2)C(=O)O1.CCC1CN(c2ccc(-c3cncnc3)c(F)c2)C(=O)O1.CCC1CN(c2ccc(C3=CCN(C(=O)OC(C)(C)C)CC3)c(F)c2)C(=O)O1. The summed E-state index contributed by atoms with van der Waals surface area (Å²) in [7, 11) is 0. The highest BCUT2D eigenvalue weighted by Gasteiger charge is 2.39. The predicted molar refractivity (Wildman–Crippen MR) is 508 cm³/mol. The maximum atomic E-state index is 14.7. The van der Waals surface area contributed by atoms with Gasteiger partial charge in [0.05, 0.1) is 78.3 Å². The summed E-state index contributed by atoms with van der Waals surface area (Å²) in [6, 6.07) is 37.5. The van der Waals surface area contributed by atoms with Crippen LogP contribution in [0, 0.1) is 40.9 Å². The number of ether oxygens (including phenoxy) is 7. The maximum absolute atomic E-state index is 14.7. The van der Waals surface area contributed by atoms with E-state index in [0.717, 1.165) is 37.7 Å². The van der Waals surface area contributed by atoms with Crippen LogP contribution in [0.15, 0.2) is 201 Å². The number of carbonyl (C=O) groups is 7. The van der Waals surface area contributed by atoms with Gasteiger partial charge in [0.15, 0.2) is 0 Å². The molecule has 7 aliphatic heterocycles. The van der Waals surface area contributed by atoms with Crippen molar-refractivity contribution in [2.45, 2.75) is 169 Å². The Morgan fingerprint density at radius 3 is 1.03 bits per heavy atom. The predicted octanol–water partition coefficient (Wildman–Crippen LogP) is 23.2. The van der Waals surface area contributed by atoms with E-state index in [-0.39, 0.29) is 54.4 Å². The summed E-state index contributed by atoms with van der Waals surface area (Å²) >= 11 is 6.97. The van der Waals surface area contributed by atoms with Gasteiger partial charge in [-0.1, -0.05) is 65.3 Å². The van der Waals surface area contributed by atoms with Gasteiger partial charge in [0.25, 0.3) is 0 Å². The fraction of sp³-hybridized carbons (Fsp3) is 0.337. The molecule has 0 saturated carbocycles. The summed E-state index contributed by atoms with van der Waals surface area (Å²) in [5.41, 5.74) is 7.02. The Kier molecular flexibility index (Phi) is 33.2. The molecule has 1 N–H and O–H groups in total. The topological polar surface area (TPSA) is 304 Å². The van der Waals surface area contributed by atoms with E-state index < -0.39 is 77.0 Å². The Bertz CT molecular complexity index is 5990. The third kappa shape index (κ3) is 25.2. The van der Waals surface area contributed by atoms with Crippen molar-refractivity contribution in [1.29, 1.82) is 0 Å². The standard InChI is InChI=1S/C21H27FN2O4.C17H19FN2O3S.C16H14ClFN2O2.C16H14F2N2O2.C16H15FN2O2.C15H14FN3O2/c1-5-16-13-24(20(26)27-16)15-6-7-17(18(22)12-15)14-8-10-23(11-9-14)19(25)28-21(2,3)4;1-4-11-9-20(16(21)23-11)10-5-6-12(13(18)7-10)14-8-19-15(24-14)17(2,3)22;1-2-12-9-20(16(21)22-12)11-4-5-13(14(18)7-11)10-3-6-15(17)19-8-10;1-2-12-9-20(16(21)22-12)11-4-5-13(14(17)7-11)10-3-6-15(18)19-8-10;1-2-13-10-19(16(20)21-13)12-5-6-14(15(17)8-12)11-4-3-7-18-9-11;1-2-12-8-19(15(20)21-12)11-3-4-13(14(16)5-11)10-6-17-9-18-7-10/h6-8,12,16H,5,9-11,13H2,1-4H3;5-8,11,22H,4,9H2,1-3H3;2*3-8,12H,2,9H2,1H3;3-9,13H,2,10H2,1H3;3-7,9,12H,2,8H2,1H3. The number of aliphatic hydroxyl groups is 1. The van der Waals surface area contributed by atoms with Gasteiger partial charge < -0.3 is 43.2 Å². The second-order valence-electron chi connectivity index (χ2n) is 34.2. The zero-order valence-corrected chi connectivity index (χ0v) is 79.1. The Morgan fingerprint density at radius 2 is 0.746 bits per heavy atom. The summed E-state index contributed by atoms with van der Waals surface area (Å²) in [5, 5.41) is 10.9. The molecule has 37 heteroatoms. The largest absolute Gasteiger partial charge is 0.444 e. The number of halogens is 8. The highest BCUT2D eigenvalue weighted by atomic mass is 35.5. The van der Waals surface area contributed by atoms with Gasteiger partial charge in [-0.2, -0.15) is 4.39 Å². The van der Waals surface area contributed by atoms with Crippen LogP contribution in [0.5, 0.6) is 0 Å². The summed E-state index contributed by atoms with van der Waals surface area (Å²) in [6.07, 6.45) is 14.9. The highest BCUT2D eigenvalue weighted by Crippen LogP contribution is 2.40. The molecule has 6 aromatic carbocycles. The Hall–Kier alpha value is -14.1. The van der Waals surface area contributed by atoms with E-state index in [9.17, 15) is 69.4 Å². The molecule has 6 atom stereocenters. The van der Waals surface area contributed by atoms with Crippen LogP contribution in [-0.4, -0.2) is 177 Å². The molecule has 5 aromatic heterocycles. The molecule has 0 spiro atoms. The van der Waals surface area contributed by atoms with Gasteiger partial charge >= 0.3 is 42.7 Å². The second-order valence-corrected chi connectivity index (χ2v) is 35.7. The van der Waals surface area contributed by atoms with Crippen LogP contribution in [0.1, 0.15) is 132 Å². The molecule has 6 saturated heterocycles. The summed E-state index contributed by atoms with van der Waals surface area (Å²) in [5.74, 6) is -3.17. The molecule has 138 heavy (non-hydrogen) atoms. The van der Waals surface area contributed by atoms with Crippen molar-refractivity contribution >= 4 is 105 Å². The average Bonchev–Trinajstić information content (AvgIpc) is 1.57. The molecule has 0 bridgehead atoms. The molecule has 724 valence electrons. The number of pyridine rings is 3. The third-order valence-corrected chi connectivity index (χ3v) is 24.6. The molecule has 12 heterocycles. The van der Waals surface area contributed by atoms with E-state index in [1.54, 1.807) is 147 Å². The third-order valence-electron chi connectivity index (χ3n) is 23.0. The fourth-order valence-electron chi connectivity index (χ4n) is 15.2. The highest BCUT2D eigenvalue weighted by molar-refractivity contribution is 7.15. The first kappa shape index (κ1) is 101. The monoisotopic (exact) mass is 1940 g/mol. The van der Waals surface area contributed by atoms with Crippen LogP contribution < -0.4 is 29.4 Å². The number of carbonyl (C=O) groups excluding carboxylic acids is 7. The molecular weight excluding hydrogens is 1840 g/mol. The van der Waals surface area contributed by atoms with E-state index in [1.165, 1.54) is 108 Å². The van der Waals surface area contributed by atoms with E-state index in [2.05, 4.69) is 29.9 Å². The second kappa shape index (κ2) is 45.2. The van der Waals surface area contributed by atoms with Gasteiger partial charge in [-0.25, -0.2) is 84.8 Å². The van der Waals surface area contributed by atoms with Gasteiger partial charge in [0, 0.05) is 112 Å². The minimum atomic E-state index is -1.06. The van der Waals surface area contributed by atoms with Crippen molar-refractivity contribution in [2.24, 2.45) is 0 Å². The quantitative estimate of drug-likeness (QED) is 0.0447. The van der Waals surface area contributed by atoms with E-state index in [4.69, 9.17) is 44.8 Å². The van der Waals surface area contributed by atoms with E-state index in [0.29, 0.717) is 170 Å². The molecule has 11 aromatic rings. The van der Waals surface area contributed by atoms with Crippen LogP contribution in [0.4, 0.5) is 98.4 Å². The smallest absolute Gasteiger partial charge is 0.414 e. The van der Waals surface area contributed by atoms with Crippen LogP contribution in [0.2, 0.25) is 5.15 Å². The summed E-state index contributed by atoms with van der Waals surface area (Å²) in [4.78, 5) is 117. The van der Waals surface area contributed by atoms with Crippen molar-refractivity contribution in [1.82, 2.24) is 34.8 Å². The molecule has 28 nitrogen and oxygen atoms in total. The first-order chi connectivity index (χ1) is 66.0. The van der Waals surface area contributed by atoms with Crippen molar-refractivity contribution in [3.05, 3.63) is 258 Å². The Labute approximate surface area is 801 Å². The zero-order valence-electron chi connectivity index (χ0n) is 77.5. The normalized spacial score (nSPS) is 18.3. The number of anilines is 6. The first-order valence-electron chi connectivity index (χ1n) is 44.9. The lowest BCUT2D eigenvalue weighted by atomic mass is 9.98. The van der Waals surface area contributed by atoms with Crippen LogP contribution in [0.25, 0.3) is 60.5 Å². The molecule has 7 aliphatic rings. The minimum Gasteiger partial charge on any atom is -0.444 e. The Morgan fingerprint density at radius 1 is 0.413 bits per heavy atom. The molecule has 6 fully saturated rings. The number of benzene rings is 6. The van der Waals surface area contributed by atoms with Crippen molar-refractivity contribution in [2.75, 3.05) is 81.8 Å². The lowest BCUT2D eigenvalue weighted by molar-refractivity contribution is 0.0269. The number of thiazole rings is 1. The Balaban J connectivity index is 0.000000140. The van der Waals surface area contributed by atoms with Crippen LogP contribution >= 0.6 is 22.9 Å². The van der Waals surface area contributed by atoms with E-state index >= 15 is 0 Å². The van der Waals surface area contributed by atoms with Crippen LogP contribution in [-0.2, 0) is 38.8 Å².